The number of carbonyl (C=O) groups excluding carboxylic acids is 1. The highest BCUT2D eigenvalue weighted by Gasteiger charge is 2.20. The third-order valence-corrected chi connectivity index (χ3v) is 3.05. The second kappa shape index (κ2) is 5.99. The van der Waals surface area contributed by atoms with Gasteiger partial charge in [-0.15, -0.1) is 0 Å². The molecule has 0 bridgehead atoms. The number of thiocarbonyl (C=S) groups is 1. The van der Waals surface area contributed by atoms with Crippen molar-refractivity contribution in [3.05, 3.63) is 46.6 Å². The molecule has 2 N–H and O–H groups in total. The lowest BCUT2D eigenvalue weighted by Gasteiger charge is -2.08. The van der Waals surface area contributed by atoms with Crippen LogP contribution in [0.1, 0.15) is 5.56 Å². The van der Waals surface area contributed by atoms with Crippen LogP contribution in [0.15, 0.2) is 41.0 Å². The Morgan fingerprint density at radius 2 is 2.21 bits per heavy atom. The van der Waals surface area contributed by atoms with E-state index in [1.165, 1.54) is 0 Å². The van der Waals surface area contributed by atoms with Crippen molar-refractivity contribution in [2.45, 2.75) is 0 Å². The van der Waals surface area contributed by atoms with Crippen LogP contribution in [0.5, 0.6) is 5.75 Å². The lowest BCUT2D eigenvalue weighted by Crippen LogP contribution is -2.21. The van der Waals surface area contributed by atoms with Crippen molar-refractivity contribution in [2.75, 3.05) is 6.61 Å². The quantitative estimate of drug-likeness (QED) is 0.502. The molecule has 98 valence electrons. The molecular weight excluding hydrogens is 328 g/mol. The van der Waals surface area contributed by atoms with Crippen LogP contribution in [0, 0.1) is 0 Å². The molecule has 1 aliphatic rings. The van der Waals surface area contributed by atoms with Crippen molar-refractivity contribution < 1.29 is 9.53 Å². The monoisotopic (exact) mass is 338 g/mol. The number of carbonyl (C=O) groups is 1. The maximum Gasteiger partial charge on any atom is 0.273 e. The SMILES string of the molecule is C=CCOc1ccc(Br)cc1/C=C1\NC(=S)NC1=O. The smallest absolute Gasteiger partial charge is 0.273 e. The number of hydrogen-bond acceptors (Lipinski definition) is 3. The molecule has 1 amide bonds. The summed E-state index contributed by atoms with van der Waals surface area (Å²) in [6, 6.07) is 5.56. The van der Waals surface area contributed by atoms with Crippen molar-refractivity contribution in [3.63, 3.8) is 0 Å². The van der Waals surface area contributed by atoms with Crippen molar-refractivity contribution in [1.29, 1.82) is 0 Å². The number of halogens is 1. The summed E-state index contributed by atoms with van der Waals surface area (Å²) in [6.45, 7) is 4.00. The summed E-state index contributed by atoms with van der Waals surface area (Å²) in [5.74, 6) is 0.419. The van der Waals surface area contributed by atoms with Gasteiger partial charge in [-0.1, -0.05) is 28.6 Å². The predicted octanol–water partition coefficient (Wildman–Crippen LogP) is 2.36. The molecule has 2 rings (SSSR count). The van der Waals surface area contributed by atoms with E-state index >= 15 is 0 Å². The second-order valence-electron chi connectivity index (χ2n) is 3.75. The summed E-state index contributed by atoms with van der Waals surface area (Å²) in [5.41, 5.74) is 1.17. The van der Waals surface area contributed by atoms with Gasteiger partial charge in [0.1, 0.15) is 18.1 Å². The van der Waals surface area contributed by atoms with Crippen LogP contribution >= 0.6 is 28.1 Å². The van der Waals surface area contributed by atoms with Gasteiger partial charge in [-0.05, 0) is 36.5 Å². The fourth-order valence-corrected chi connectivity index (χ4v) is 2.13. The molecule has 1 fully saturated rings. The van der Waals surface area contributed by atoms with Gasteiger partial charge in [0, 0.05) is 10.0 Å². The van der Waals surface area contributed by atoms with Crippen LogP contribution in [-0.2, 0) is 4.79 Å². The lowest BCUT2D eigenvalue weighted by atomic mass is 10.1. The zero-order chi connectivity index (χ0) is 13.8. The van der Waals surface area contributed by atoms with Gasteiger partial charge in [0.25, 0.3) is 5.91 Å². The molecule has 0 aromatic heterocycles. The van der Waals surface area contributed by atoms with Crippen LogP contribution in [0.3, 0.4) is 0 Å². The van der Waals surface area contributed by atoms with Gasteiger partial charge in [0.2, 0.25) is 0 Å². The molecule has 19 heavy (non-hydrogen) atoms. The first-order chi connectivity index (χ1) is 9.10. The summed E-state index contributed by atoms with van der Waals surface area (Å²) < 4.78 is 6.43. The highest BCUT2D eigenvalue weighted by molar-refractivity contribution is 9.10. The average Bonchev–Trinajstić information content (AvgIpc) is 2.67. The minimum atomic E-state index is -0.250. The van der Waals surface area contributed by atoms with Crippen molar-refractivity contribution >= 4 is 45.2 Å². The van der Waals surface area contributed by atoms with Crippen molar-refractivity contribution in [3.8, 4) is 5.75 Å². The number of hydrogen-bond donors (Lipinski definition) is 2. The van der Waals surface area contributed by atoms with Gasteiger partial charge in [-0.2, -0.15) is 0 Å². The standard InChI is InChI=1S/C13H11BrN2O2S/c1-2-5-18-11-4-3-9(14)6-8(11)7-10-12(17)16-13(19)15-10/h2-4,6-7H,1,5H2,(H2,15,16,17,19)/b10-7-. The molecule has 6 heteroatoms. The summed E-state index contributed by atoms with van der Waals surface area (Å²) >= 11 is 8.27. The van der Waals surface area contributed by atoms with E-state index in [9.17, 15) is 4.79 Å². The van der Waals surface area contributed by atoms with E-state index in [1.807, 2.05) is 18.2 Å². The van der Waals surface area contributed by atoms with Crippen LogP contribution in [0.25, 0.3) is 6.08 Å². The minimum Gasteiger partial charge on any atom is -0.489 e. The summed E-state index contributed by atoms with van der Waals surface area (Å²) in [7, 11) is 0. The Bertz CT molecular complexity index is 584. The van der Waals surface area contributed by atoms with E-state index in [0.29, 0.717) is 23.2 Å². The van der Waals surface area contributed by atoms with Crippen LogP contribution in [-0.4, -0.2) is 17.6 Å². The van der Waals surface area contributed by atoms with Crippen LogP contribution in [0.4, 0.5) is 0 Å². The number of ether oxygens (including phenoxy) is 1. The zero-order valence-corrected chi connectivity index (χ0v) is 12.3. The van der Waals surface area contributed by atoms with E-state index < -0.39 is 0 Å². The van der Waals surface area contributed by atoms with Gasteiger partial charge in [-0.25, -0.2) is 0 Å². The lowest BCUT2D eigenvalue weighted by molar-refractivity contribution is -0.115. The third-order valence-electron chi connectivity index (χ3n) is 2.35. The molecule has 0 unspecified atom stereocenters. The molecule has 0 radical (unpaired) electrons. The fourth-order valence-electron chi connectivity index (χ4n) is 1.55. The maximum atomic E-state index is 11.6. The van der Waals surface area contributed by atoms with Crippen LogP contribution in [0.2, 0.25) is 0 Å². The molecule has 1 aliphatic heterocycles. The minimum absolute atomic E-state index is 0.250. The molecule has 1 saturated heterocycles. The summed E-state index contributed by atoms with van der Waals surface area (Å²) in [5, 5.41) is 5.61. The van der Waals surface area contributed by atoms with E-state index in [-0.39, 0.29) is 5.91 Å². The molecule has 0 atom stereocenters. The van der Waals surface area contributed by atoms with Gasteiger partial charge in [0.05, 0.1) is 0 Å². The van der Waals surface area contributed by atoms with Gasteiger partial charge >= 0.3 is 0 Å². The van der Waals surface area contributed by atoms with Gasteiger partial charge in [0.15, 0.2) is 5.11 Å². The number of amides is 1. The van der Waals surface area contributed by atoms with E-state index in [4.69, 9.17) is 17.0 Å². The third kappa shape index (κ3) is 3.42. The summed E-state index contributed by atoms with van der Waals surface area (Å²) in [6.07, 6.45) is 3.35. The Hall–Kier alpha value is -1.66. The zero-order valence-electron chi connectivity index (χ0n) is 9.90. The number of nitrogens with one attached hydrogen (secondary N) is 2. The molecule has 1 aromatic rings. The normalized spacial score (nSPS) is 16.2. The van der Waals surface area contributed by atoms with Crippen LogP contribution < -0.4 is 15.4 Å². The fraction of sp³-hybridized carbons (Fsp3) is 0.0769. The molecular formula is C13H11BrN2O2S. The van der Waals surface area contributed by atoms with Gasteiger partial charge < -0.3 is 10.1 Å². The van der Waals surface area contributed by atoms with E-state index in [1.54, 1.807) is 12.2 Å². The van der Waals surface area contributed by atoms with E-state index in [2.05, 4.69) is 33.1 Å². The number of benzene rings is 1. The molecule has 0 saturated carbocycles. The Labute approximate surface area is 124 Å². The highest BCUT2D eigenvalue weighted by atomic mass is 79.9. The van der Waals surface area contributed by atoms with Crippen molar-refractivity contribution in [1.82, 2.24) is 10.6 Å². The predicted molar refractivity (Wildman–Crippen MR) is 81.7 cm³/mol. The molecule has 0 spiro atoms. The van der Waals surface area contributed by atoms with E-state index in [0.717, 1.165) is 10.0 Å². The Morgan fingerprint density at radius 1 is 1.42 bits per heavy atom. The van der Waals surface area contributed by atoms with Crippen molar-refractivity contribution in [2.24, 2.45) is 0 Å². The average molecular weight is 339 g/mol. The first kappa shape index (κ1) is 13.8. The largest absolute Gasteiger partial charge is 0.489 e. The number of rotatable bonds is 4. The molecule has 1 aromatic carbocycles. The Balaban J connectivity index is 2.35. The topological polar surface area (TPSA) is 50.4 Å². The first-order valence-electron chi connectivity index (χ1n) is 5.47. The molecule has 0 aliphatic carbocycles. The second-order valence-corrected chi connectivity index (χ2v) is 5.07. The Kier molecular flexibility index (Phi) is 4.34. The maximum absolute atomic E-state index is 11.6. The summed E-state index contributed by atoms with van der Waals surface area (Å²) in [4.78, 5) is 11.6. The first-order valence-corrected chi connectivity index (χ1v) is 6.67. The molecule has 1 heterocycles. The molecule has 4 nitrogen and oxygen atoms in total. The highest BCUT2D eigenvalue weighted by Crippen LogP contribution is 2.25. The Morgan fingerprint density at radius 3 is 2.84 bits per heavy atom. The van der Waals surface area contributed by atoms with Gasteiger partial charge in [-0.3, -0.25) is 10.1 Å².